The third-order valence-electron chi connectivity index (χ3n) is 3.07. The van der Waals surface area contributed by atoms with E-state index in [1.165, 1.54) is 0 Å². The highest BCUT2D eigenvalue weighted by molar-refractivity contribution is 5.57. The van der Waals surface area contributed by atoms with Gasteiger partial charge in [0.2, 0.25) is 5.95 Å². The number of anilines is 1. The van der Waals surface area contributed by atoms with Crippen LogP contribution in [0.3, 0.4) is 0 Å². The molecular formula is C16H16N4O. The molecule has 0 atom stereocenters. The highest BCUT2D eigenvalue weighted by atomic mass is 16.3. The lowest BCUT2D eigenvalue weighted by molar-refractivity contribution is 0.568. The zero-order valence-electron chi connectivity index (χ0n) is 12.0. The van der Waals surface area contributed by atoms with E-state index in [-0.39, 0.29) is 0 Å². The molecule has 21 heavy (non-hydrogen) atoms. The van der Waals surface area contributed by atoms with E-state index in [9.17, 15) is 0 Å². The van der Waals surface area contributed by atoms with Crippen LogP contribution in [0.2, 0.25) is 0 Å². The molecular weight excluding hydrogens is 264 g/mol. The van der Waals surface area contributed by atoms with Crippen LogP contribution in [-0.4, -0.2) is 15.0 Å². The Morgan fingerprint density at radius 1 is 1.10 bits per heavy atom. The normalized spacial score (nSPS) is 10.6. The molecule has 0 aliphatic carbocycles. The highest BCUT2D eigenvalue weighted by Gasteiger charge is 2.02. The molecule has 0 amide bonds. The molecule has 106 valence electrons. The topological polar surface area (TPSA) is 63.8 Å². The molecule has 3 aromatic rings. The molecule has 0 aromatic carbocycles. The summed E-state index contributed by atoms with van der Waals surface area (Å²) in [6.45, 7) is 4.56. The molecule has 0 aliphatic rings. The lowest BCUT2D eigenvalue weighted by Gasteiger charge is -2.07. The second-order valence-corrected chi connectivity index (χ2v) is 4.89. The Balaban J connectivity index is 1.68. The van der Waals surface area contributed by atoms with E-state index in [4.69, 9.17) is 4.42 Å². The lowest BCUT2D eigenvalue weighted by Crippen LogP contribution is -2.05. The van der Waals surface area contributed by atoms with Gasteiger partial charge in [0.1, 0.15) is 0 Å². The molecule has 3 rings (SSSR count). The van der Waals surface area contributed by atoms with Gasteiger partial charge < -0.3 is 9.73 Å². The summed E-state index contributed by atoms with van der Waals surface area (Å²) >= 11 is 0. The van der Waals surface area contributed by atoms with Gasteiger partial charge in [-0.3, -0.25) is 4.98 Å². The Labute approximate surface area is 123 Å². The van der Waals surface area contributed by atoms with Crippen LogP contribution in [-0.2, 0) is 6.54 Å². The summed E-state index contributed by atoms with van der Waals surface area (Å²) in [5, 5.41) is 3.22. The average molecular weight is 280 g/mol. The van der Waals surface area contributed by atoms with Gasteiger partial charge in [-0.05, 0) is 37.6 Å². The van der Waals surface area contributed by atoms with Crippen molar-refractivity contribution < 1.29 is 4.42 Å². The number of aryl methyl sites for hydroxylation is 2. The van der Waals surface area contributed by atoms with E-state index < -0.39 is 0 Å². The van der Waals surface area contributed by atoms with Gasteiger partial charge in [-0.25, -0.2) is 9.97 Å². The molecule has 0 saturated heterocycles. The standard InChI is InChI=1S/C16H16N4O/c1-11-7-12(2)20-16(19-11)18-9-13-3-4-15(17-8-13)14-5-6-21-10-14/h3-8,10H,9H2,1-2H3,(H,18,19,20). The minimum Gasteiger partial charge on any atom is -0.472 e. The Morgan fingerprint density at radius 3 is 2.52 bits per heavy atom. The first-order valence-electron chi connectivity index (χ1n) is 6.74. The molecule has 0 unspecified atom stereocenters. The first kappa shape index (κ1) is 13.3. The van der Waals surface area contributed by atoms with Gasteiger partial charge in [0, 0.05) is 29.7 Å². The fourth-order valence-corrected chi connectivity index (χ4v) is 2.10. The van der Waals surface area contributed by atoms with E-state index in [1.807, 2.05) is 44.3 Å². The van der Waals surface area contributed by atoms with Gasteiger partial charge in [0.15, 0.2) is 0 Å². The first-order chi connectivity index (χ1) is 10.2. The van der Waals surface area contributed by atoms with Gasteiger partial charge >= 0.3 is 0 Å². The minimum absolute atomic E-state index is 0.640. The summed E-state index contributed by atoms with van der Waals surface area (Å²) in [5.74, 6) is 0.645. The van der Waals surface area contributed by atoms with E-state index >= 15 is 0 Å². The predicted molar refractivity (Wildman–Crippen MR) is 80.8 cm³/mol. The van der Waals surface area contributed by atoms with Crippen molar-refractivity contribution in [3.63, 3.8) is 0 Å². The number of pyridine rings is 1. The van der Waals surface area contributed by atoms with Gasteiger partial charge in [-0.15, -0.1) is 0 Å². The fourth-order valence-electron chi connectivity index (χ4n) is 2.10. The summed E-state index contributed by atoms with van der Waals surface area (Å²) in [7, 11) is 0. The van der Waals surface area contributed by atoms with Crippen molar-refractivity contribution in [2.24, 2.45) is 0 Å². The van der Waals surface area contributed by atoms with Gasteiger partial charge in [-0.2, -0.15) is 0 Å². The first-order valence-corrected chi connectivity index (χ1v) is 6.74. The Bertz CT molecular complexity index is 700. The second kappa shape index (κ2) is 5.75. The number of furan rings is 1. The van der Waals surface area contributed by atoms with Gasteiger partial charge in [-0.1, -0.05) is 6.07 Å². The average Bonchev–Trinajstić information content (AvgIpc) is 2.99. The number of hydrogen-bond donors (Lipinski definition) is 1. The molecule has 3 aromatic heterocycles. The third-order valence-corrected chi connectivity index (χ3v) is 3.07. The summed E-state index contributed by atoms with van der Waals surface area (Å²) < 4.78 is 5.06. The second-order valence-electron chi connectivity index (χ2n) is 4.89. The molecule has 0 spiro atoms. The van der Waals surface area contributed by atoms with Gasteiger partial charge in [0.05, 0.1) is 18.2 Å². The molecule has 5 nitrogen and oxygen atoms in total. The predicted octanol–water partition coefficient (Wildman–Crippen LogP) is 3.36. The largest absolute Gasteiger partial charge is 0.472 e. The van der Waals surface area contributed by atoms with Crippen LogP contribution < -0.4 is 5.32 Å². The molecule has 0 radical (unpaired) electrons. The zero-order chi connectivity index (χ0) is 14.7. The minimum atomic E-state index is 0.640. The zero-order valence-corrected chi connectivity index (χ0v) is 12.0. The molecule has 1 N–H and O–H groups in total. The summed E-state index contributed by atoms with van der Waals surface area (Å²) in [6.07, 6.45) is 5.17. The number of rotatable bonds is 4. The van der Waals surface area contributed by atoms with E-state index in [0.717, 1.165) is 28.2 Å². The summed E-state index contributed by atoms with van der Waals surface area (Å²) in [5.41, 5.74) is 4.86. The summed E-state index contributed by atoms with van der Waals surface area (Å²) in [6, 6.07) is 7.85. The van der Waals surface area contributed by atoms with Crippen molar-refractivity contribution in [2.75, 3.05) is 5.32 Å². The van der Waals surface area contributed by atoms with Crippen molar-refractivity contribution in [2.45, 2.75) is 20.4 Å². The van der Waals surface area contributed by atoms with Crippen molar-refractivity contribution in [3.8, 4) is 11.3 Å². The van der Waals surface area contributed by atoms with Crippen LogP contribution in [0, 0.1) is 13.8 Å². The molecule has 0 saturated carbocycles. The number of aromatic nitrogens is 3. The number of hydrogen-bond acceptors (Lipinski definition) is 5. The van der Waals surface area contributed by atoms with E-state index in [1.54, 1.807) is 12.5 Å². The SMILES string of the molecule is Cc1cc(C)nc(NCc2ccc(-c3ccoc3)nc2)n1. The Hall–Kier alpha value is -2.69. The van der Waals surface area contributed by atoms with Crippen LogP contribution >= 0.6 is 0 Å². The lowest BCUT2D eigenvalue weighted by atomic mass is 10.2. The van der Waals surface area contributed by atoms with Crippen LogP contribution in [0.15, 0.2) is 47.4 Å². The fraction of sp³-hybridized carbons (Fsp3) is 0.188. The maximum atomic E-state index is 5.06. The van der Waals surface area contributed by atoms with Crippen molar-refractivity contribution in [1.29, 1.82) is 0 Å². The van der Waals surface area contributed by atoms with E-state index in [2.05, 4.69) is 20.3 Å². The maximum absolute atomic E-state index is 5.06. The van der Waals surface area contributed by atoms with Crippen molar-refractivity contribution in [3.05, 3.63) is 59.9 Å². The van der Waals surface area contributed by atoms with Crippen LogP contribution in [0.4, 0.5) is 5.95 Å². The molecule has 0 fully saturated rings. The molecule has 3 heterocycles. The van der Waals surface area contributed by atoms with Crippen molar-refractivity contribution >= 4 is 5.95 Å². The Morgan fingerprint density at radius 2 is 1.90 bits per heavy atom. The smallest absolute Gasteiger partial charge is 0.223 e. The number of nitrogens with one attached hydrogen (secondary N) is 1. The van der Waals surface area contributed by atoms with Crippen LogP contribution in [0.1, 0.15) is 17.0 Å². The quantitative estimate of drug-likeness (QED) is 0.794. The third kappa shape index (κ3) is 3.25. The monoisotopic (exact) mass is 280 g/mol. The molecule has 0 bridgehead atoms. The summed E-state index contributed by atoms with van der Waals surface area (Å²) in [4.78, 5) is 13.1. The van der Waals surface area contributed by atoms with Crippen LogP contribution in [0.5, 0.6) is 0 Å². The van der Waals surface area contributed by atoms with Crippen LogP contribution in [0.25, 0.3) is 11.3 Å². The molecule has 5 heteroatoms. The maximum Gasteiger partial charge on any atom is 0.223 e. The van der Waals surface area contributed by atoms with Crippen molar-refractivity contribution in [1.82, 2.24) is 15.0 Å². The number of nitrogens with zero attached hydrogens (tertiary/aromatic N) is 3. The highest BCUT2D eigenvalue weighted by Crippen LogP contribution is 2.17. The Kier molecular flexibility index (Phi) is 3.64. The van der Waals surface area contributed by atoms with Gasteiger partial charge in [0.25, 0.3) is 0 Å². The molecule has 0 aliphatic heterocycles. The van der Waals surface area contributed by atoms with E-state index in [0.29, 0.717) is 12.5 Å².